The SMILES string of the molecule is CC1CN=C(NCCc2ccccn2)S1. The largest absolute Gasteiger partial charge is 0.365 e. The number of thioether (sulfide) groups is 1. The van der Waals surface area contributed by atoms with Crippen molar-refractivity contribution < 1.29 is 0 Å². The first-order valence-electron chi connectivity index (χ1n) is 5.19. The van der Waals surface area contributed by atoms with Crippen molar-refractivity contribution in [1.82, 2.24) is 10.3 Å². The lowest BCUT2D eigenvalue weighted by Gasteiger charge is -2.05. The lowest BCUT2D eigenvalue weighted by Crippen LogP contribution is -2.22. The molecule has 15 heavy (non-hydrogen) atoms. The second-order valence-corrected chi connectivity index (χ2v) is 5.00. The number of nitrogens with one attached hydrogen (secondary N) is 1. The van der Waals surface area contributed by atoms with Crippen LogP contribution in [0.15, 0.2) is 29.4 Å². The number of aliphatic imine (C=N–C) groups is 1. The van der Waals surface area contributed by atoms with E-state index in [1.54, 1.807) is 0 Å². The fourth-order valence-corrected chi connectivity index (χ4v) is 2.28. The summed E-state index contributed by atoms with van der Waals surface area (Å²) in [5.74, 6) is 0. The van der Waals surface area contributed by atoms with Crippen molar-refractivity contribution in [2.45, 2.75) is 18.6 Å². The molecule has 2 rings (SSSR count). The molecule has 2 heterocycles. The van der Waals surface area contributed by atoms with Gasteiger partial charge in [-0.05, 0) is 12.1 Å². The molecule has 1 N–H and O–H groups in total. The van der Waals surface area contributed by atoms with Crippen LogP contribution >= 0.6 is 11.8 Å². The average molecular weight is 221 g/mol. The van der Waals surface area contributed by atoms with Crippen molar-refractivity contribution in [3.05, 3.63) is 30.1 Å². The molecule has 0 saturated heterocycles. The number of pyridine rings is 1. The summed E-state index contributed by atoms with van der Waals surface area (Å²) in [7, 11) is 0. The zero-order valence-corrected chi connectivity index (χ0v) is 9.63. The maximum atomic E-state index is 4.40. The van der Waals surface area contributed by atoms with E-state index in [0.29, 0.717) is 5.25 Å². The van der Waals surface area contributed by atoms with Crippen molar-refractivity contribution in [3.63, 3.8) is 0 Å². The summed E-state index contributed by atoms with van der Waals surface area (Å²) >= 11 is 1.82. The third-order valence-corrected chi connectivity index (χ3v) is 3.24. The third kappa shape index (κ3) is 3.23. The maximum Gasteiger partial charge on any atom is 0.156 e. The van der Waals surface area contributed by atoms with Crippen LogP contribution in [0, 0.1) is 0 Å². The van der Waals surface area contributed by atoms with Crippen LogP contribution in [0.1, 0.15) is 12.6 Å². The molecule has 0 fully saturated rings. The van der Waals surface area contributed by atoms with E-state index in [2.05, 4.69) is 22.2 Å². The maximum absolute atomic E-state index is 4.40. The van der Waals surface area contributed by atoms with Gasteiger partial charge in [0, 0.05) is 30.1 Å². The topological polar surface area (TPSA) is 37.3 Å². The number of hydrogen-bond acceptors (Lipinski definition) is 4. The molecular weight excluding hydrogens is 206 g/mol. The smallest absolute Gasteiger partial charge is 0.156 e. The summed E-state index contributed by atoms with van der Waals surface area (Å²) in [6.45, 7) is 4.05. The highest BCUT2D eigenvalue weighted by Gasteiger charge is 2.13. The standard InChI is InChI=1S/C11H15N3S/c1-9-8-14-11(15-9)13-7-5-10-4-2-3-6-12-10/h2-4,6,9H,5,7-8H2,1H3,(H,13,14). The normalized spacial score (nSPS) is 20.1. The number of aromatic nitrogens is 1. The van der Waals surface area contributed by atoms with E-state index < -0.39 is 0 Å². The van der Waals surface area contributed by atoms with Gasteiger partial charge in [-0.1, -0.05) is 24.8 Å². The van der Waals surface area contributed by atoms with Gasteiger partial charge in [-0.3, -0.25) is 9.98 Å². The molecule has 1 aromatic rings. The van der Waals surface area contributed by atoms with Gasteiger partial charge in [0.2, 0.25) is 0 Å². The Bertz CT molecular complexity index is 337. The molecule has 0 saturated carbocycles. The molecule has 1 aliphatic rings. The summed E-state index contributed by atoms with van der Waals surface area (Å²) in [6, 6.07) is 6.01. The van der Waals surface area contributed by atoms with Crippen molar-refractivity contribution in [3.8, 4) is 0 Å². The summed E-state index contributed by atoms with van der Waals surface area (Å²) in [5.41, 5.74) is 1.13. The van der Waals surface area contributed by atoms with E-state index in [4.69, 9.17) is 0 Å². The van der Waals surface area contributed by atoms with Gasteiger partial charge in [-0.2, -0.15) is 0 Å². The first-order valence-corrected chi connectivity index (χ1v) is 6.07. The Morgan fingerprint density at radius 3 is 3.13 bits per heavy atom. The van der Waals surface area contributed by atoms with Crippen molar-refractivity contribution >= 4 is 16.9 Å². The predicted molar refractivity (Wildman–Crippen MR) is 65.3 cm³/mol. The van der Waals surface area contributed by atoms with Gasteiger partial charge in [0.05, 0.1) is 6.54 Å². The molecule has 0 radical (unpaired) electrons. The number of rotatable bonds is 3. The Morgan fingerprint density at radius 1 is 1.53 bits per heavy atom. The summed E-state index contributed by atoms with van der Waals surface area (Å²) in [6.07, 6.45) is 2.79. The van der Waals surface area contributed by atoms with Gasteiger partial charge in [0.25, 0.3) is 0 Å². The first-order chi connectivity index (χ1) is 7.34. The van der Waals surface area contributed by atoms with E-state index in [1.807, 2.05) is 36.2 Å². The number of nitrogens with zero attached hydrogens (tertiary/aromatic N) is 2. The van der Waals surface area contributed by atoms with E-state index in [0.717, 1.165) is 30.4 Å². The Hall–Kier alpha value is -1.03. The molecule has 1 aliphatic heterocycles. The molecule has 1 aromatic heterocycles. The minimum absolute atomic E-state index is 0.627. The third-order valence-electron chi connectivity index (χ3n) is 2.19. The molecule has 3 nitrogen and oxygen atoms in total. The lowest BCUT2D eigenvalue weighted by molar-refractivity contribution is 0.845. The minimum atomic E-state index is 0.627. The van der Waals surface area contributed by atoms with E-state index >= 15 is 0 Å². The Kier molecular flexibility index (Phi) is 3.61. The first kappa shape index (κ1) is 10.5. The van der Waals surface area contributed by atoms with Crippen LogP contribution in [0.25, 0.3) is 0 Å². The van der Waals surface area contributed by atoms with Crippen molar-refractivity contribution in [2.24, 2.45) is 4.99 Å². The fourth-order valence-electron chi connectivity index (χ4n) is 1.42. The molecule has 0 aromatic carbocycles. The molecule has 1 unspecified atom stereocenters. The van der Waals surface area contributed by atoms with E-state index in [-0.39, 0.29) is 0 Å². The molecule has 0 spiro atoms. The minimum Gasteiger partial charge on any atom is -0.365 e. The second-order valence-electron chi connectivity index (χ2n) is 3.57. The lowest BCUT2D eigenvalue weighted by atomic mass is 10.3. The van der Waals surface area contributed by atoms with E-state index in [1.165, 1.54) is 0 Å². The van der Waals surface area contributed by atoms with Crippen LogP contribution < -0.4 is 5.32 Å². The molecule has 4 heteroatoms. The molecule has 0 aliphatic carbocycles. The van der Waals surface area contributed by atoms with Gasteiger partial charge in [0.15, 0.2) is 5.17 Å². The molecule has 1 atom stereocenters. The predicted octanol–water partition coefficient (Wildman–Crippen LogP) is 1.71. The Balaban J connectivity index is 1.72. The zero-order chi connectivity index (χ0) is 10.5. The van der Waals surface area contributed by atoms with Gasteiger partial charge >= 0.3 is 0 Å². The number of hydrogen-bond donors (Lipinski definition) is 1. The van der Waals surface area contributed by atoms with Gasteiger partial charge < -0.3 is 5.32 Å². The highest BCUT2D eigenvalue weighted by molar-refractivity contribution is 8.14. The number of amidine groups is 1. The monoisotopic (exact) mass is 221 g/mol. The van der Waals surface area contributed by atoms with Crippen molar-refractivity contribution in [2.75, 3.05) is 13.1 Å². The molecule has 0 amide bonds. The Labute approximate surface area is 94.4 Å². The van der Waals surface area contributed by atoms with Crippen molar-refractivity contribution in [1.29, 1.82) is 0 Å². The zero-order valence-electron chi connectivity index (χ0n) is 8.81. The quantitative estimate of drug-likeness (QED) is 0.844. The summed E-state index contributed by atoms with van der Waals surface area (Å²) in [5, 5.41) is 5.04. The van der Waals surface area contributed by atoms with Gasteiger partial charge in [-0.25, -0.2) is 0 Å². The highest BCUT2D eigenvalue weighted by atomic mass is 32.2. The van der Waals surface area contributed by atoms with Gasteiger partial charge in [0.1, 0.15) is 0 Å². The van der Waals surface area contributed by atoms with Gasteiger partial charge in [-0.15, -0.1) is 0 Å². The van der Waals surface area contributed by atoms with Crippen LogP contribution in [-0.2, 0) is 6.42 Å². The molecule has 0 bridgehead atoms. The Morgan fingerprint density at radius 2 is 2.47 bits per heavy atom. The molecule has 80 valence electrons. The van der Waals surface area contributed by atoms with E-state index in [9.17, 15) is 0 Å². The van der Waals surface area contributed by atoms with Crippen LogP contribution in [0.3, 0.4) is 0 Å². The van der Waals surface area contributed by atoms with Crippen LogP contribution in [-0.4, -0.2) is 28.5 Å². The fraction of sp³-hybridized carbons (Fsp3) is 0.455. The second kappa shape index (κ2) is 5.16. The average Bonchev–Trinajstić information content (AvgIpc) is 2.66. The van der Waals surface area contributed by atoms with Crippen LogP contribution in [0.2, 0.25) is 0 Å². The van der Waals surface area contributed by atoms with Crippen LogP contribution in [0.5, 0.6) is 0 Å². The summed E-state index contributed by atoms with van der Waals surface area (Å²) < 4.78 is 0. The highest BCUT2D eigenvalue weighted by Crippen LogP contribution is 2.18. The van der Waals surface area contributed by atoms with Crippen LogP contribution in [0.4, 0.5) is 0 Å². The molecular formula is C11H15N3S. The summed E-state index contributed by atoms with van der Waals surface area (Å²) in [4.78, 5) is 8.67.